The van der Waals surface area contributed by atoms with Crippen molar-refractivity contribution in [3.05, 3.63) is 29.8 Å². The van der Waals surface area contributed by atoms with Gasteiger partial charge in [0, 0.05) is 17.4 Å². The van der Waals surface area contributed by atoms with Gasteiger partial charge in [0.2, 0.25) is 5.91 Å². The third-order valence-electron chi connectivity index (χ3n) is 3.30. The number of halogens is 1. The predicted molar refractivity (Wildman–Crippen MR) is 91.3 cm³/mol. The zero-order valence-electron chi connectivity index (χ0n) is 12.6. The van der Waals surface area contributed by atoms with E-state index in [1.165, 1.54) is 0 Å². The molecule has 1 rings (SSSR count). The average molecular weight is 371 g/mol. The zero-order chi connectivity index (χ0) is 16.4. The first-order valence-corrected chi connectivity index (χ1v) is 8.58. The number of aliphatic carboxylic acids is 1. The Morgan fingerprint density at radius 2 is 1.77 bits per heavy atom. The first kappa shape index (κ1) is 18.6. The van der Waals surface area contributed by atoms with Gasteiger partial charge in [-0.3, -0.25) is 9.59 Å². The molecule has 0 saturated carbocycles. The van der Waals surface area contributed by atoms with Gasteiger partial charge in [-0.25, -0.2) is 0 Å². The van der Waals surface area contributed by atoms with Gasteiger partial charge in [0.05, 0.1) is 0 Å². The van der Waals surface area contributed by atoms with E-state index in [2.05, 4.69) is 21.2 Å². The number of amides is 1. The largest absolute Gasteiger partial charge is 0.480 e. The number of carboxylic acid groups (broad SMARTS) is 1. The standard InChI is InChI=1S/C16H23BrN2O3/c17-10-4-2-1-3-5-15(20)19-13-8-6-12(7-9-13)11-14(18)16(21)22/h6-9,14H,1-5,10-11,18H2,(H,19,20)(H,21,22)/t14-/m0/s1. The van der Waals surface area contributed by atoms with Crippen LogP contribution in [0.5, 0.6) is 0 Å². The summed E-state index contributed by atoms with van der Waals surface area (Å²) in [7, 11) is 0. The molecular formula is C16H23BrN2O3. The molecule has 0 unspecified atom stereocenters. The minimum atomic E-state index is -1.02. The van der Waals surface area contributed by atoms with Gasteiger partial charge < -0.3 is 16.2 Å². The van der Waals surface area contributed by atoms with Crippen LogP contribution in [0.2, 0.25) is 0 Å². The molecule has 6 heteroatoms. The Hall–Kier alpha value is -1.40. The second kappa shape index (κ2) is 10.3. The van der Waals surface area contributed by atoms with Crippen LogP contribution in [-0.2, 0) is 16.0 Å². The highest BCUT2D eigenvalue weighted by Crippen LogP contribution is 2.12. The van der Waals surface area contributed by atoms with Crippen molar-refractivity contribution in [2.75, 3.05) is 10.6 Å². The number of rotatable bonds is 10. The van der Waals surface area contributed by atoms with Crippen LogP contribution in [0.1, 0.15) is 37.7 Å². The van der Waals surface area contributed by atoms with Crippen molar-refractivity contribution >= 4 is 33.5 Å². The quantitative estimate of drug-likeness (QED) is 0.436. The molecule has 0 heterocycles. The highest BCUT2D eigenvalue weighted by molar-refractivity contribution is 9.09. The Kier molecular flexibility index (Phi) is 8.77. The molecule has 122 valence electrons. The van der Waals surface area contributed by atoms with Crippen LogP contribution in [0.25, 0.3) is 0 Å². The van der Waals surface area contributed by atoms with E-state index < -0.39 is 12.0 Å². The number of benzene rings is 1. The summed E-state index contributed by atoms with van der Waals surface area (Å²) >= 11 is 3.38. The maximum Gasteiger partial charge on any atom is 0.320 e. The predicted octanol–water partition coefficient (Wildman–Crippen LogP) is 2.92. The summed E-state index contributed by atoms with van der Waals surface area (Å²) in [5, 5.41) is 12.6. The summed E-state index contributed by atoms with van der Waals surface area (Å²) in [5.74, 6) is -1.01. The van der Waals surface area contributed by atoms with Gasteiger partial charge in [-0.05, 0) is 37.0 Å². The molecule has 22 heavy (non-hydrogen) atoms. The Bertz CT molecular complexity index is 477. The monoisotopic (exact) mass is 370 g/mol. The fourth-order valence-electron chi connectivity index (χ4n) is 2.02. The van der Waals surface area contributed by atoms with E-state index in [4.69, 9.17) is 10.8 Å². The number of carbonyl (C=O) groups excluding carboxylic acids is 1. The average Bonchev–Trinajstić information content (AvgIpc) is 2.49. The van der Waals surface area contributed by atoms with Crippen molar-refractivity contribution in [3.63, 3.8) is 0 Å². The molecule has 0 bridgehead atoms. The lowest BCUT2D eigenvalue weighted by atomic mass is 10.1. The molecule has 1 aromatic carbocycles. The van der Waals surface area contributed by atoms with Crippen molar-refractivity contribution in [2.24, 2.45) is 5.73 Å². The number of anilines is 1. The number of nitrogens with one attached hydrogen (secondary N) is 1. The van der Waals surface area contributed by atoms with Crippen LogP contribution in [0.4, 0.5) is 5.69 Å². The normalized spacial score (nSPS) is 11.9. The van der Waals surface area contributed by atoms with Crippen LogP contribution in [-0.4, -0.2) is 28.4 Å². The lowest BCUT2D eigenvalue weighted by Gasteiger charge is -2.08. The molecule has 0 aromatic heterocycles. The van der Waals surface area contributed by atoms with Crippen molar-refractivity contribution in [1.82, 2.24) is 0 Å². The van der Waals surface area contributed by atoms with Crippen LogP contribution in [0.15, 0.2) is 24.3 Å². The second-order valence-electron chi connectivity index (χ2n) is 5.25. The highest BCUT2D eigenvalue weighted by Gasteiger charge is 2.11. The molecule has 0 aliphatic rings. The molecule has 5 nitrogen and oxygen atoms in total. The Labute approximate surface area is 139 Å². The third kappa shape index (κ3) is 7.56. The molecule has 0 aliphatic heterocycles. The summed E-state index contributed by atoms with van der Waals surface area (Å²) < 4.78 is 0. The SMILES string of the molecule is N[C@@H](Cc1ccc(NC(=O)CCCCCCBr)cc1)C(=O)O. The molecular weight excluding hydrogens is 348 g/mol. The van der Waals surface area contributed by atoms with Gasteiger partial charge in [-0.15, -0.1) is 0 Å². The molecule has 0 spiro atoms. The lowest BCUT2D eigenvalue weighted by molar-refractivity contribution is -0.138. The molecule has 1 aromatic rings. The maximum absolute atomic E-state index is 11.8. The van der Waals surface area contributed by atoms with Crippen molar-refractivity contribution in [2.45, 2.75) is 44.6 Å². The summed E-state index contributed by atoms with van der Waals surface area (Å²) in [6, 6.07) is 6.21. The van der Waals surface area contributed by atoms with E-state index in [1.807, 2.05) is 0 Å². The van der Waals surface area contributed by atoms with Gasteiger partial charge in [-0.2, -0.15) is 0 Å². The lowest BCUT2D eigenvalue weighted by Crippen LogP contribution is -2.32. The fourth-order valence-corrected chi connectivity index (χ4v) is 2.42. The third-order valence-corrected chi connectivity index (χ3v) is 3.86. The topological polar surface area (TPSA) is 92.4 Å². The molecule has 1 amide bonds. The van der Waals surface area contributed by atoms with Gasteiger partial charge in [0.1, 0.15) is 6.04 Å². The maximum atomic E-state index is 11.8. The Balaban J connectivity index is 2.34. The Morgan fingerprint density at radius 3 is 2.36 bits per heavy atom. The van der Waals surface area contributed by atoms with Gasteiger partial charge in [-0.1, -0.05) is 40.9 Å². The van der Waals surface area contributed by atoms with Gasteiger partial charge in [0.15, 0.2) is 0 Å². The minimum Gasteiger partial charge on any atom is -0.480 e. The van der Waals surface area contributed by atoms with Gasteiger partial charge >= 0.3 is 5.97 Å². The van der Waals surface area contributed by atoms with E-state index in [9.17, 15) is 9.59 Å². The van der Waals surface area contributed by atoms with E-state index in [-0.39, 0.29) is 12.3 Å². The summed E-state index contributed by atoms with van der Waals surface area (Å²) in [5.41, 5.74) is 7.04. The Morgan fingerprint density at radius 1 is 1.14 bits per heavy atom. The number of unbranched alkanes of at least 4 members (excludes halogenated alkanes) is 3. The van der Waals surface area contributed by atoms with E-state index in [0.717, 1.165) is 42.3 Å². The molecule has 0 radical (unpaired) electrons. The van der Waals surface area contributed by atoms with Crippen LogP contribution >= 0.6 is 15.9 Å². The highest BCUT2D eigenvalue weighted by atomic mass is 79.9. The van der Waals surface area contributed by atoms with Crippen LogP contribution in [0, 0.1) is 0 Å². The van der Waals surface area contributed by atoms with Crippen molar-refractivity contribution in [3.8, 4) is 0 Å². The first-order chi connectivity index (χ1) is 10.5. The summed E-state index contributed by atoms with van der Waals surface area (Å²) in [6.07, 6.45) is 5.03. The number of carbonyl (C=O) groups is 2. The van der Waals surface area contributed by atoms with Crippen molar-refractivity contribution in [1.29, 1.82) is 0 Å². The second-order valence-corrected chi connectivity index (χ2v) is 6.04. The zero-order valence-corrected chi connectivity index (χ0v) is 14.1. The number of carboxylic acids is 1. The van der Waals surface area contributed by atoms with Crippen LogP contribution in [0.3, 0.4) is 0 Å². The van der Waals surface area contributed by atoms with Gasteiger partial charge in [0.25, 0.3) is 0 Å². The number of hydrogen-bond donors (Lipinski definition) is 3. The summed E-state index contributed by atoms with van der Waals surface area (Å²) in [4.78, 5) is 22.5. The smallest absolute Gasteiger partial charge is 0.320 e. The minimum absolute atomic E-state index is 0.00818. The number of nitrogens with two attached hydrogens (primary N) is 1. The molecule has 0 fully saturated rings. The van der Waals surface area contributed by atoms with E-state index in [1.54, 1.807) is 24.3 Å². The molecule has 0 aliphatic carbocycles. The molecule has 4 N–H and O–H groups in total. The fraction of sp³-hybridized carbons (Fsp3) is 0.500. The first-order valence-electron chi connectivity index (χ1n) is 7.46. The summed E-state index contributed by atoms with van der Waals surface area (Å²) in [6.45, 7) is 0. The number of alkyl halides is 1. The molecule has 0 saturated heterocycles. The van der Waals surface area contributed by atoms with Crippen molar-refractivity contribution < 1.29 is 14.7 Å². The van der Waals surface area contributed by atoms with E-state index >= 15 is 0 Å². The molecule has 1 atom stereocenters. The van der Waals surface area contributed by atoms with E-state index in [0.29, 0.717) is 6.42 Å². The van der Waals surface area contributed by atoms with Crippen LogP contribution < -0.4 is 11.1 Å². The number of hydrogen-bond acceptors (Lipinski definition) is 3.